The van der Waals surface area contributed by atoms with Crippen LogP contribution in [0.5, 0.6) is 0 Å². The van der Waals surface area contributed by atoms with Gasteiger partial charge in [0.05, 0.1) is 18.2 Å². The van der Waals surface area contributed by atoms with E-state index in [1.54, 1.807) is 0 Å². The van der Waals surface area contributed by atoms with Gasteiger partial charge in [-0.15, -0.1) is 0 Å². The van der Waals surface area contributed by atoms with Gasteiger partial charge in [0.2, 0.25) is 0 Å². The molecule has 0 fully saturated rings. The van der Waals surface area contributed by atoms with Crippen LogP contribution in [-0.4, -0.2) is 29.6 Å². The molecule has 1 N–H and O–H groups in total. The van der Waals surface area contributed by atoms with Gasteiger partial charge in [-0.25, -0.2) is 9.37 Å². The molecule has 0 aliphatic heterocycles. The third-order valence-corrected chi connectivity index (χ3v) is 10.1. The van der Waals surface area contributed by atoms with Crippen LogP contribution in [0.4, 0.5) is 4.39 Å². The lowest BCUT2D eigenvalue weighted by Crippen LogP contribution is -2.41. The van der Waals surface area contributed by atoms with Gasteiger partial charge >= 0.3 is 0 Å². The molecule has 0 amide bonds. The van der Waals surface area contributed by atoms with Crippen LogP contribution in [-0.2, 0) is 4.43 Å². The van der Waals surface area contributed by atoms with Crippen molar-refractivity contribution in [1.29, 1.82) is 0 Å². The molecule has 1 heterocycles. The van der Waals surface area contributed by atoms with Gasteiger partial charge in [-0.05, 0) is 44.1 Å². The minimum atomic E-state index is -2.01. The van der Waals surface area contributed by atoms with E-state index in [0.717, 1.165) is 0 Å². The first-order valence-electron chi connectivity index (χ1n) is 8.54. The minimum Gasteiger partial charge on any atom is -0.407 e. The summed E-state index contributed by atoms with van der Waals surface area (Å²) in [5, 5.41) is 9.75. The highest BCUT2D eigenvalue weighted by molar-refractivity contribution is 9.10. The van der Waals surface area contributed by atoms with Crippen LogP contribution < -0.4 is 0 Å². The third-order valence-electron chi connectivity index (χ3n) is 5.09. The number of benzene rings is 1. The fourth-order valence-corrected chi connectivity index (χ4v) is 4.40. The highest BCUT2D eigenvalue weighted by atomic mass is 79.9. The largest absolute Gasteiger partial charge is 0.407 e. The summed E-state index contributed by atoms with van der Waals surface area (Å²) in [6.45, 7) is 14.7. The molecule has 2 unspecified atom stereocenters. The SMILES string of the molecule is CC(O[Si](C)(C)C(C)(C)C)c1nc2c(F)cc(Br)cc2n1C(C)CO. The molecule has 25 heavy (non-hydrogen) atoms. The van der Waals surface area contributed by atoms with Gasteiger partial charge < -0.3 is 14.1 Å². The first-order valence-corrected chi connectivity index (χ1v) is 12.2. The van der Waals surface area contributed by atoms with Crippen molar-refractivity contribution in [3.05, 3.63) is 28.2 Å². The number of hydrogen-bond donors (Lipinski definition) is 1. The van der Waals surface area contributed by atoms with Crippen LogP contribution in [0.2, 0.25) is 18.1 Å². The van der Waals surface area contributed by atoms with Gasteiger partial charge in [0.25, 0.3) is 0 Å². The molecule has 4 nitrogen and oxygen atoms in total. The van der Waals surface area contributed by atoms with Crippen molar-refractivity contribution in [3.8, 4) is 0 Å². The van der Waals surface area contributed by atoms with E-state index in [9.17, 15) is 9.50 Å². The molecule has 7 heteroatoms. The summed E-state index contributed by atoms with van der Waals surface area (Å²) in [6, 6.07) is 3.02. The lowest BCUT2D eigenvalue weighted by molar-refractivity contribution is 0.178. The average Bonchev–Trinajstić information content (AvgIpc) is 2.84. The third kappa shape index (κ3) is 3.99. The van der Waals surface area contributed by atoms with Gasteiger partial charge in [-0.1, -0.05) is 36.7 Å². The van der Waals surface area contributed by atoms with E-state index < -0.39 is 8.32 Å². The highest BCUT2D eigenvalue weighted by Gasteiger charge is 2.39. The Morgan fingerprint density at radius 1 is 1.32 bits per heavy atom. The van der Waals surface area contributed by atoms with E-state index in [1.807, 2.05) is 24.5 Å². The van der Waals surface area contributed by atoms with Gasteiger partial charge in [0.1, 0.15) is 17.4 Å². The second kappa shape index (κ2) is 7.10. The van der Waals surface area contributed by atoms with Crippen molar-refractivity contribution < 1.29 is 13.9 Å². The first kappa shape index (κ1) is 20.5. The Bertz CT molecular complexity index is 771. The number of halogens is 2. The lowest BCUT2D eigenvalue weighted by atomic mass is 10.2. The van der Waals surface area contributed by atoms with Crippen LogP contribution in [0.3, 0.4) is 0 Å². The Balaban J connectivity index is 2.58. The molecule has 1 aromatic carbocycles. The van der Waals surface area contributed by atoms with E-state index in [1.165, 1.54) is 6.07 Å². The molecule has 0 bridgehead atoms. The normalized spacial score (nSPS) is 15.6. The maximum atomic E-state index is 14.4. The molecule has 0 saturated heterocycles. The number of hydrogen-bond acceptors (Lipinski definition) is 3. The maximum Gasteiger partial charge on any atom is 0.193 e. The Hall–Kier alpha value is -0.763. The quantitative estimate of drug-likeness (QED) is 0.630. The smallest absolute Gasteiger partial charge is 0.193 e. The number of imidazole rings is 1. The van der Waals surface area contributed by atoms with E-state index in [4.69, 9.17) is 4.43 Å². The van der Waals surface area contributed by atoms with E-state index in [-0.39, 0.29) is 29.6 Å². The number of aliphatic hydroxyl groups is 1. The maximum absolute atomic E-state index is 14.4. The molecule has 140 valence electrons. The van der Waals surface area contributed by atoms with Crippen LogP contribution >= 0.6 is 15.9 Å². The zero-order chi connectivity index (χ0) is 19.2. The summed E-state index contributed by atoms with van der Waals surface area (Å²) < 4.78 is 23.4. The molecule has 0 aliphatic carbocycles. The molecule has 0 radical (unpaired) electrons. The molecule has 0 aliphatic rings. The number of rotatable bonds is 5. The Morgan fingerprint density at radius 2 is 1.92 bits per heavy atom. The first-order chi connectivity index (χ1) is 11.4. The molecular weight excluding hydrogens is 403 g/mol. The summed E-state index contributed by atoms with van der Waals surface area (Å²) >= 11 is 3.34. The summed E-state index contributed by atoms with van der Waals surface area (Å²) in [6.07, 6.45) is -0.291. The van der Waals surface area contributed by atoms with Gasteiger partial charge in [0, 0.05) is 4.47 Å². The number of fused-ring (bicyclic) bond motifs is 1. The van der Waals surface area contributed by atoms with Crippen LogP contribution in [0.1, 0.15) is 52.6 Å². The van der Waals surface area contributed by atoms with Crippen molar-refractivity contribution in [1.82, 2.24) is 9.55 Å². The summed E-state index contributed by atoms with van der Waals surface area (Å²) in [7, 11) is -2.01. The lowest BCUT2D eigenvalue weighted by Gasteiger charge is -2.38. The second-order valence-corrected chi connectivity index (χ2v) is 13.8. The second-order valence-electron chi connectivity index (χ2n) is 8.15. The van der Waals surface area contributed by atoms with Gasteiger partial charge in [0.15, 0.2) is 14.1 Å². The predicted octanol–water partition coefficient (Wildman–Crippen LogP) is 5.57. The zero-order valence-electron chi connectivity index (χ0n) is 16.0. The minimum absolute atomic E-state index is 0.0561. The molecule has 0 saturated carbocycles. The standard InChI is InChI=1S/C18H28BrFN2O2Si/c1-11(10-23)22-15-9-13(19)8-14(20)16(15)21-17(22)12(2)24-25(6,7)18(3,4)5/h8-9,11-12,23H,10H2,1-7H3. The van der Waals surface area contributed by atoms with E-state index in [0.29, 0.717) is 21.3 Å². The van der Waals surface area contributed by atoms with Crippen molar-refractivity contribution in [2.75, 3.05) is 6.61 Å². The predicted molar refractivity (Wildman–Crippen MR) is 106 cm³/mol. The molecule has 2 aromatic rings. The Morgan fingerprint density at radius 3 is 2.44 bits per heavy atom. The summed E-state index contributed by atoms with van der Waals surface area (Å²) in [4.78, 5) is 4.54. The molecule has 2 atom stereocenters. The van der Waals surface area contributed by atoms with Crippen LogP contribution in [0.25, 0.3) is 11.0 Å². The topological polar surface area (TPSA) is 47.3 Å². The summed E-state index contributed by atoms with van der Waals surface area (Å²) in [5.41, 5.74) is 0.971. The number of aromatic nitrogens is 2. The fraction of sp³-hybridized carbons (Fsp3) is 0.611. The van der Waals surface area contributed by atoms with Gasteiger partial charge in [-0.2, -0.15) is 0 Å². The zero-order valence-corrected chi connectivity index (χ0v) is 18.6. The van der Waals surface area contributed by atoms with Crippen LogP contribution in [0, 0.1) is 5.82 Å². The monoisotopic (exact) mass is 430 g/mol. The van der Waals surface area contributed by atoms with Crippen molar-refractivity contribution in [2.45, 2.75) is 64.9 Å². The summed E-state index contributed by atoms with van der Waals surface area (Å²) in [5.74, 6) is 0.271. The Labute approximate surface area is 158 Å². The van der Waals surface area contributed by atoms with Crippen LogP contribution in [0.15, 0.2) is 16.6 Å². The molecular formula is C18H28BrFN2O2Si. The number of aliphatic hydroxyl groups excluding tert-OH is 1. The number of nitrogens with zero attached hydrogens (tertiary/aromatic N) is 2. The van der Waals surface area contributed by atoms with E-state index in [2.05, 4.69) is 54.8 Å². The van der Waals surface area contributed by atoms with Gasteiger partial charge in [-0.3, -0.25) is 0 Å². The highest BCUT2D eigenvalue weighted by Crippen LogP contribution is 2.40. The molecule has 0 spiro atoms. The Kier molecular flexibility index (Phi) is 5.83. The van der Waals surface area contributed by atoms with E-state index >= 15 is 0 Å². The molecule has 2 rings (SSSR count). The fourth-order valence-electron chi connectivity index (χ4n) is 2.64. The average molecular weight is 431 g/mol. The molecule has 1 aromatic heterocycles. The van der Waals surface area contributed by atoms with Crippen molar-refractivity contribution >= 4 is 35.3 Å². The van der Waals surface area contributed by atoms with Crippen molar-refractivity contribution in [2.24, 2.45) is 0 Å². The van der Waals surface area contributed by atoms with Crippen molar-refractivity contribution in [3.63, 3.8) is 0 Å².